The van der Waals surface area contributed by atoms with E-state index in [-0.39, 0.29) is 24.8 Å². The van der Waals surface area contributed by atoms with Gasteiger partial charge in [-0.2, -0.15) is 4.98 Å². The van der Waals surface area contributed by atoms with E-state index in [1.54, 1.807) is 44.2 Å². The molecule has 2 atom stereocenters. The number of fused-ring (bicyclic) bond motifs is 1. The summed E-state index contributed by atoms with van der Waals surface area (Å²) in [5.74, 6) is 1.06. The van der Waals surface area contributed by atoms with Crippen molar-refractivity contribution >= 4 is 17.6 Å². The fourth-order valence-electron chi connectivity index (χ4n) is 4.06. The summed E-state index contributed by atoms with van der Waals surface area (Å²) in [6.45, 7) is 3.58. The summed E-state index contributed by atoms with van der Waals surface area (Å²) in [6, 6.07) is 13.1. The zero-order valence-electron chi connectivity index (χ0n) is 19.6. The third-order valence-corrected chi connectivity index (χ3v) is 5.75. The van der Waals surface area contributed by atoms with Crippen LogP contribution in [0.25, 0.3) is 11.4 Å². The molecule has 0 N–H and O–H groups in total. The van der Waals surface area contributed by atoms with Crippen molar-refractivity contribution in [1.29, 1.82) is 0 Å². The third-order valence-electron chi connectivity index (χ3n) is 5.75. The molecule has 0 radical (unpaired) electrons. The maximum atomic E-state index is 13.0. The van der Waals surface area contributed by atoms with Gasteiger partial charge in [-0.05, 0) is 50.1 Å². The second kappa shape index (κ2) is 9.94. The molecule has 2 aromatic carbocycles. The number of aromatic nitrogens is 2. The molecule has 1 amide bonds. The lowest BCUT2D eigenvalue weighted by molar-refractivity contribution is -0.154. The lowest BCUT2D eigenvalue weighted by Gasteiger charge is -2.25. The fourth-order valence-corrected chi connectivity index (χ4v) is 4.06. The number of para-hydroxylation sites is 1. The van der Waals surface area contributed by atoms with Crippen molar-refractivity contribution in [2.75, 3.05) is 19.1 Å². The van der Waals surface area contributed by atoms with Gasteiger partial charge >= 0.3 is 5.97 Å². The van der Waals surface area contributed by atoms with Gasteiger partial charge in [-0.15, -0.1) is 0 Å². The largest absolute Gasteiger partial charge is 0.493 e. The average molecular weight is 466 g/mol. The number of esters is 1. The van der Waals surface area contributed by atoms with E-state index in [1.165, 1.54) is 0 Å². The van der Waals surface area contributed by atoms with E-state index in [2.05, 4.69) is 10.1 Å². The van der Waals surface area contributed by atoms with Crippen LogP contribution in [0.5, 0.6) is 11.5 Å². The van der Waals surface area contributed by atoms with Crippen LogP contribution in [-0.4, -0.2) is 48.4 Å². The Kier molecular flexibility index (Phi) is 6.81. The Labute approximate surface area is 197 Å². The highest BCUT2D eigenvalue weighted by molar-refractivity contribution is 5.99. The second-order valence-electron chi connectivity index (χ2n) is 8.10. The standard InChI is InChI=1S/C25H27N3O6/c1-15-13-17-7-5-6-8-19(17)28(15)25(30)16(2)33-23(29)12-11-22-26-24(27-34-22)18-9-10-20(31-3)21(14-18)32-4/h5-10,14-16H,11-13H2,1-4H3/t15-,16+/m1/s1. The molecule has 178 valence electrons. The molecule has 1 aromatic heterocycles. The van der Waals surface area contributed by atoms with Gasteiger partial charge in [-0.3, -0.25) is 9.59 Å². The molecule has 0 saturated heterocycles. The third kappa shape index (κ3) is 4.73. The number of benzene rings is 2. The highest BCUT2D eigenvalue weighted by atomic mass is 16.5. The molecule has 0 spiro atoms. The van der Waals surface area contributed by atoms with Gasteiger partial charge in [0.05, 0.1) is 20.6 Å². The van der Waals surface area contributed by atoms with Crippen LogP contribution in [0.2, 0.25) is 0 Å². The first-order valence-electron chi connectivity index (χ1n) is 11.1. The Hall–Kier alpha value is -3.88. The minimum atomic E-state index is -0.897. The molecule has 2 heterocycles. The molecule has 9 nitrogen and oxygen atoms in total. The topological polar surface area (TPSA) is 104 Å². The van der Waals surface area contributed by atoms with Crippen molar-refractivity contribution in [2.45, 2.75) is 45.3 Å². The Morgan fingerprint density at radius 2 is 1.91 bits per heavy atom. The molecule has 0 aliphatic carbocycles. The lowest BCUT2D eigenvalue weighted by Crippen LogP contribution is -2.43. The number of anilines is 1. The summed E-state index contributed by atoms with van der Waals surface area (Å²) in [4.78, 5) is 31.4. The molecule has 34 heavy (non-hydrogen) atoms. The Morgan fingerprint density at radius 1 is 1.15 bits per heavy atom. The molecule has 3 aromatic rings. The van der Waals surface area contributed by atoms with E-state index < -0.39 is 12.1 Å². The average Bonchev–Trinajstić information content (AvgIpc) is 3.45. The van der Waals surface area contributed by atoms with Crippen molar-refractivity contribution in [1.82, 2.24) is 10.1 Å². The molecule has 0 saturated carbocycles. The highest BCUT2D eigenvalue weighted by Crippen LogP contribution is 2.33. The van der Waals surface area contributed by atoms with Crippen LogP contribution in [0.4, 0.5) is 5.69 Å². The van der Waals surface area contributed by atoms with Crippen LogP contribution in [0, 0.1) is 0 Å². The molecule has 1 aliphatic heterocycles. The van der Waals surface area contributed by atoms with E-state index in [0.29, 0.717) is 28.8 Å². The van der Waals surface area contributed by atoms with Gasteiger partial charge in [0.2, 0.25) is 11.7 Å². The molecular weight excluding hydrogens is 438 g/mol. The summed E-state index contributed by atoms with van der Waals surface area (Å²) >= 11 is 0. The van der Waals surface area contributed by atoms with Gasteiger partial charge < -0.3 is 23.6 Å². The predicted molar refractivity (Wildman–Crippen MR) is 124 cm³/mol. The summed E-state index contributed by atoms with van der Waals surface area (Å²) < 4.78 is 21.2. The first-order chi connectivity index (χ1) is 16.4. The number of rotatable bonds is 8. The normalized spacial score (nSPS) is 15.5. The smallest absolute Gasteiger partial charge is 0.307 e. The van der Waals surface area contributed by atoms with Crippen molar-refractivity contribution in [3.05, 3.63) is 53.9 Å². The van der Waals surface area contributed by atoms with Crippen LogP contribution < -0.4 is 14.4 Å². The monoisotopic (exact) mass is 465 g/mol. The lowest BCUT2D eigenvalue weighted by atomic mass is 10.1. The van der Waals surface area contributed by atoms with Crippen LogP contribution >= 0.6 is 0 Å². The summed E-state index contributed by atoms with van der Waals surface area (Å²) in [5, 5.41) is 3.97. The minimum absolute atomic E-state index is 0.0112. The second-order valence-corrected chi connectivity index (χ2v) is 8.10. The number of methoxy groups -OCH3 is 2. The molecule has 0 bridgehead atoms. The zero-order chi connectivity index (χ0) is 24.2. The van der Waals surface area contributed by atoms with Gasteiger partial charge in [0.1, 0.15) is 0 Å². The van der Waals surface area contributed by atoms with Gasteiger partial charge in [-0.1, -0.05) is 23.4 Å². The molecular formula is C25H27N3O6. The highest BCUT2D eigenvalue weighted by Gasteiger charge is 2.34. The van der Waals surface area contributed by atoms with Crippen molar-refractivity contribution in [3.8, 4) is 22.9 Å². The summed E-state index contributed by atoms with van der Waals surface area (Å²) in [7, 11) is 3.10. The minimum Gasteiger partial charge on any atom is -0.493 e. The van der Waals surface area contributed by atoms with Crippen LogP contribution in [0.1, 0.15) is 31.7 Å². The number of amides is 1. The molecule has 9 heteroatoms. The molecule has 1 aliphatic rings. The first-order valence-corrected chi connectivity index (χ1v) is 11.1. The van der Waals surface area contributed by atoms with E-state index >= 15 is 0 Å². The number of aryl methyl sites for hydroxylation is 1. The van der Waals surface area contributed by atoms with Crippen LogP contribution in [-0.2, 0) is 27.2 Å². The Morgan fingerprint density at radius 3 is 2.68 bits per heavy atom. The fraction of sp³-hybridized carbons (Fsp3) is 0.360. The molecule has 4 rings (SSSR count). The van der Waals surface area contributed by atoms with Gasteiger partial charge in [0, 0.05) is 23.7 Å². The maximum absolute atomic E-state index is 13.0. The van der Waals surface area contributed by atoms with Crippen LogP contribution in [0.3, 0.4) is 0 Å². The SMILES string of the molecule is COc1ccc(-c2noc(CCC(=O)O[C@@H](C)C(=O)N3c4ccccc4C[C@H]3C)n2)cc1OC. The number of nitrogens with zero attached hydrogens (tertiary/aromatic N) is 3. The van der Waals surface area contributed by atoms with Crippen molar-refractivity contribution < 1.29 is 28.3 Å². The van der Waals surface area contributed by atoms with E-state index in [4.69, 9.17) is 18.7 Å². The number of hydrogen-bond acceptors (Lipinski definition) is 8. The number of carbonyl (C=O) groups excluding carboxylic acids is 2. The van der Waals surface area contributed by atoms with Crippen LogP contribution in [0.15, 0.2) is 47.0 Å². The van der Waals surface area contributed by atoms with Crippen molar-refractivity contribution in [2.24, 2.45) is 0 Å². The number of ether oxygens (including phenoxy) is 3. The van der Waals surface area contributed by atoms with Crippen molar-refractivity contribution in [3.63, 3.8) is 0 Å². The van der Waals surface area contributed by atoms with Gasteiger partial charge in [-0.25, -0.2) is 0 Å². The zero-order valence-corrected chi connectivity index (χ0v) is 19.6. The predicted octanol–water partition coefficient (Wildman–Crippen LogP) is 3.60. The molecule has 0 fully saturated rings. The maximum Gasteiger partial charge on any atom is 0.307 e. The summed E-state index contributed by atoms with van der Waals surface area (Å²) in [6.07, 6.45) is 0.0914. The number of hydrogen-bond donors (Lipinski definition) is 0. The Balaban J connectivity index is 1.33. The van der Waals surface area contributed by atoms with E-state index in [9.17, 15) is 9.59 Å². The molecule has 0 unspecified atom stereocenters. The Bertz CT molecular complexity index is 1190. The quantitative estimate of drug-likeness (QED) is 0.465. The van der Waals surface area contributed by atoms with Gasteiger partial charge in [0.15, 0.2) is 17.6 Å². The summed E-state index contributed by atoms with van der Waals surface area (Å²) in [5.41, 5.74) is 2.68. The van der Waals surface area contributed by atoms with Gasteiger partial charge in [0.25, 0.3) is 5.91 Å². The number of carbonyl (C=O) groups is 2. The first kappa shape index (κ1) is 23.3. The van der Waals surface area contributed by atoms with E-state index in [1.807, 2.05) is 31.2 Å². The van der Waals surface area contributed by atoms with E-state index in [0.717, 1.165) is 17.7 Å².